The third-order valence-electron chi connectivity index (χ3n) is 1.91. The maximum atomic E-state index is 11.2. The SMILES string of the molecule is CC1Cn2cccc2C(=O)N1. The average molecular weight is 150 g/mol. The fourth-order valence-electron chi connectivity index (χ4n) is 1.42. The van der Waals surface area contributed by atoms with Crippen molar-refractivity contribution in [3.63, 3.8) is 0 Å². The first kappa shape index (κ1) is 6.46. The fourth-order valence-corrected chi connectivity index (χ4v) is 1.42. The summed E-state index contributed by atoms with van der Waals surface area (Å²) in [6, 6.07) is 3.98. The Kier molecular flexibility index (Phi) is 1.24. The number of amides is 1. The van der Waals surface area contributed by atoms with Crippen LogP contribution in [0.1, 0.15) is 17.4 Å². The van der Waals surface area contributed by atoms with Gasteiger partial charge in [0.1, 0.15) is 5.69 Å². The first-order chi connectivity index (χ1) is 5.27. The summed E-state index contributed by atoms with van der Waals surface area (Å²) in [5.74, 6) is 0.0359. The minimum atomic E-state index is 0.0359. The summed E-state index contributed by atoms with van der Waals surface area (Å²) >= 11 is 0. The topological polar surface area (TPSA) is 34.0 Å². The third kappa shape index (κ3) is 0.926. The van der Waals surface area contributed by atoms with Gasteiger partial charge >= 0.3 is 0 Å². The maximum Gasteiger partial charge on any atom is 0.268 e. The highest BCUT2D eigenvalue weighted by atomic mass is 16.2. The van der Waals surface area contributed by atoms with Crippen molar-refractivity contribution in [1.82, 2.24) is 9.88 Å². The highest BCUT2D eigenvalue weighted by Gasteiger charge is 2.19. The molecular formula is C8H10N2O. The van der Waals surface area contributed by atoms with Crippen LogP contribution in [-0.2, 0) is 6.54 Å². The van der Waals surface area contributed by atoms with Gasteiger partial charge < -0.3 is 9.88 Å². The molecule has 0 bridgehead atoms. The number of hydrogen-bond acceptors (Lipinski definition) is 1. The number of nitrogens with zero attached hydrogens (tertiary/aromatic N) is 1. The summed E-state index contributed by atoms with van der Waals surface area (Å²) in [5.41, 5.74) is 0.767. The van der Waals surface area contributed by atoms with E-state index in [9.17, 15) is 4.79 Å². The van der Waals surface area contributed by atoms with E-state index in [-0.39, 0.29) is 11.9 Å². The fraction of sp³-hybridized carbons (Fsp3) is 0.375. The summed E-state index contributed by atoms with van der Waals surface area (Å²) in [6.45, 7) is 2.88. The van der Waals surface area contributed by atoms with Gasteiger partial charge in [-0.05, 0) is 19.1 Å². The molecule has 0 saturated heterocycles. The van der Waals surface area contributed by atoms with Gasteiger partial charge in [0.15, 0.2) is 0 Å². The monoisotopic (exact) mass is 150 g/mol. The first-order valence-corrected chi connectivity index (χ1v) is 3.73. The van der Waals surface area contributed by atoms with Gasteiger partial charge in [-0.3, -0.25) is 4.79 Å². The molecule has 1 aromatic heterocycles. The minimum Gasteiger partial charge on any atom is -0.347 e. The summed E-state index contributed by atoms with van der Waals surface area (Å²) < 4.78 is 1.98. The Morgan fingerprint density at radius 1 is 1.73 bits per heavy atom. The second-order valence-corrected chi connectivity index (χ2v) is 2.92. The van der Waals surface area contributed by atoms with Crippen LogP contribution in [0.15, 0.2) is 18.3 Å². The number of nitrogens with one attached hydrogen (secondary N) is 1. The first-order valence-electron chi connectivity index (χ1n) is 3.73. The van der Waals surface area contributed by atoms with E-state index in [4.69, 9.17) is 0 Å². The molecule has 2 rings (SSSR count). The molecule has 0 radical (unpaired) electrons. The largest absolute Gasteiger partial charge is 0.347 e. The minimum absolute atomic E-state index is 0.0359. The van der Waals surface area contributed by atoms with Crippen molar-refractivity contribution in [2.24, 2.45) is 0 Å². The van der Waals surface area contributed by atoms with E-state index in [1.807, 2.05) is 29.8 Å². The molecule has 1 N–H and O–H groups in total. The van der Waals surface area contributed by atoms with Gasteiger partial charge in [0, 0.05) is 18.8 Å². The van der Waals surface area contributed by atoms with Crippen LogP contribution in [0.3, 0.4) is 0 Å². The molecule has 58 valence electrons. The van der Waals surface area contributed by atoms with Crippen LogP contribution in [0, 0.1) is 0 Å². The second-order valence-electron chi connectivity index (χ2n) is 2.92. The van der Waals surface area contributed by atoms with Gasteiger partial charge in [-0.1, -0.05) is 0 Å². The third-order valence-corrected chi connectivity index (χ3v) is 1.91. The molecule has 0 saturated carbocycles. The Morgan fingerprint density at radius 3 is 3.36 bits per heavy atom. The van der Waals surface area contributed by atoms with Crippen molar-refractivity contribution in [2.75, 3.05) is 0 Å². The number of hydrogen-bond donors (Lipinski definition) is 1. The maximum absolute atomic E-state index is 11.2. The standard InChI is InChI=1S/C8H10N2O/c1-6-5-10-4-2-3-7(10)8(11)9-6/h2-4,6H,5H2,1H3,(H,9,11). The molecule has 1 amide bonds. The molecule has 1 aliphatic heterocycles. The van der Waals surface area contributed by atoms with Crippen LogP contribution in [0.5, 0.6) is 0 Å². The molecule has 0 aromatic carbocycles. The number of carbonyl (C=O) groups excluding carboxylic acids is 1. The second kappa shape index (κ2) is 2.12. The summed E-state index contributed by atoms with van der Waals surface area (Å²) in [5, 5.41) is 2.86. The molecule has 0 fully saturated rings. The Labute approximate surface area is 65.0 Å². The lowest BCUT2D eigenvalue weighted by Crippen LogP contribution is -2.41. The summed E-state index contributed by atoms with van der Waals surface area (Å²) in [4.78, 5) is 11.2. The molecule has 1 aromatic rings. The van der Waals surface area contributed by atoms with E-state index in [1.54, 1.807) is 0 Å². The van der Waals surface area contributed by atoms with Crippen LogP contribution >= 0.6 is 0 Å². The predicted molar refractivity (Wildman–Crippen MR) is 41.4 cm³/mol. The Morgan fingerprint density at radius 2 is 2.55 bits per heavy atom. The van der Waals surface area contributed by atoms with Gasteiger partial charge in [-0.2, -0.15) is 0 Å². The molecule has 1 unspecified atom stereocenters. The molecule has 1 aliphatic rings. The van der Waals surface area contributed by atoms with E-state index < -0.39 is 0 Å². The number of rotatable bonds is 0. The number of carbonyl (C=O) groups is 1. The molecule has 3 heteroatoms. The van der Waals surface area contributed by atoms with Gasteiger partial charge in [-0.25, -0.2) is 0 Å². The molecule has 3 nitrogen and oxygen atoms in total. The zero-order chi connectivity index (χ0) is 7.84. The van der Waals surface area contributed by atoms with Crippen molar-refractivity contribution >= 4 is 5.91 Å². The highest BCUT2D eigenvalue weighted by Crippen LogP contribution is 2.08. The van der Waals surface area contributed by atoms with Crippen molar-refractivity contribution in [2.45, 2.75) is 19.5 Å². The zero-order valence-electron chi connectivity index (χ0n) is 6.37. The zero-order valence-corrected chi connectivity index (χ0v) is 6.37. The van der Waals surface area contributed by atoms with Gasteiger partial charge in [0.2, 0.25) is 0 Å². The van der Waals surface area contributed by atoms with Crippen LogP contribution in [-0.4, -0.2) is 16.5 Å². The van der Waals surface area contributed by atoms with E-state index in [1.165, 1.54) is 0 Å². The highest BCUT2D eigenvalue weighted by molar-refractivity contribution is 5.93. The average Bonchev–Trinajstić information content (AvgIpc) is 2.34. The number of aromatic nitrogens is 1. The molecule has 0 aliphatic carbocycles. The molecule has 2 heterocycles. The molecular weight excluding hydrogens is 140 g/mol. The molecule has 11 heavy (non-hydrogen) atoms. The Bertz CT molecular complexity index is 290. The smallest absolute Gasteiger partial charge is 0.268 e. The van der Waals surface area contributed by atoms with E-state index in [0.717, 1.165) is 12.2 Å². The van der Waals surface area contributed by atoms with E-state index in [0.29, 0.717) is 0 Å². The Hall–Kier alpha value is -1.25. The van der Waals surface area contributed by atoms with Crippen LogP contribution in [0.25, 0.3) is 0 Å². The van der Waals surface area contributed by atoms with Crippen LogP contribution in [0.4, 0.5) is 0 Å². The van der Waals surface area contributed by atoms with E-state index in [2.05, 4.69) is 5.32 Å². The Balaban J connectivity index is 2.44. The van der Waals surface area contributed by atoms with Crippen molar-refractivity contribution in [3.05, 3.63) is 24.0 Å². The summed E-state index contributed by atoms with van der Waals surface area (Å²) in [6.07, 6.45) is 1.94. The lowest BCUT2D eigenvalue weighted by molar-refractivity contribution is 0.0906. The lowest BCUT2D eigenvalue weighted by Gasteiger charge is -2.22. The predicted octanol–water partition coefficient (Wildman–Crippen LogP) is 0.620. The van der Waals surface area contributed by atoms with Crippen molar-refractivity contribution in [1.29, 1.82) is 0 Å². The molecule has 1 atom stereocenters. The lowest BCUT2D eigenvalue weighted by atomic mass is 10.2. The van der Waals surface area contributed by atoms with Gasteiger partial charge in [0.25, 0.3) is 5.91 Å². The van der Waals surface area contributed by atoms with Gasteiger partial charge in [-0.15, -0.1) is 0 Å². The van der Waals surface area contributed by atoms with E-state index >= 15 is 0 Å². The number of fused-ring (bicyclic) bond motifs is 1. The van der Waals surface area contributed by atoms with Crippen molar-refractivity contribution < 1.29 is 4.79 Å². The van der Waals surface area contributed by atoms with Gasteiger partial charge in [0.05, 0.1) is 0 Å². The molecule has 0 spiro atoms. The van der Waals surface area contributed by atoms with Crippen LogP contribution in [0.2, 0.25) is 0 Å². The normalized spacial score (nSPS) is 22.6. The quantitative estimate of drug-likeness (QED) is 0.578. The van der Waals surface area contributed by atoms with Crippen LogP contribution < -0.4 is 5.32 Å². The van der Waals surface area contributed by atoms with Crippen molar-refractivity contribution in [3.8, 4) is 0 Å². The summed E-state index contributed by atoms with van der Waals surface area (Å²) in [7, 11) is 0.